The van der Waals surface area contributed by atoms with Gasteiger partial charge in [0.2, 0.25) is 0 Å². The number of benzene rings is 10. The molecule has 0 saturated carbocycles. The maximum Gasteiger partial charge on any atom is 0.134 e. The molecule has 0 saturated heterocycles. The number of nitrogens with two attached hydrogens (primary N) is 8. The molecule has 10 aromatic carbocycles. The quantitative estimate of drug-likeness (QED) is 0.0637. The van der Waals surface area contributed by atoms with Crippen LogP contribution in [0.4, 0.5) is 45.6 Å². The first-order chi connectivity index (χ1) is 43.0. The monoisotopic (exact) mass is 1160 g/mol. The second-order valence-electron chi connectivity index (χ2n) is 22.0. The molecule has 10 heteroatoms. The third-order valence-electron chi connectivity index (χ3n) is 17.0. The van der Waals surface area contributed by atoms with E-state index >= 15 is 0 Å². The Morgan fingerprint density at radius 1 is 0.303 bits per heavy atom. The van der Waals surface area contributed by atoms with Crippen LogP contribution in [0.2, 0.25) is 0 Å². The fourth-order valence-corrected chi connectivity index (χ4v) is 12.8. The van der Waals surface area contributed by atoms with Gasteiger partial charge in [-0.05, 0) is 168 Å². The third-order valence-corrected chi connectivity index (χ3v) is 17.0. The summed E-state index contributed by atoms with van der Waals surface area (Å²) in [6, 6.07) is 63.8. The molecule has 3 aliphatic rings. The molecule has 0 atom stereocenters. The predicted octanol–water partition coefficient (Wildman–Crippen LogP) is 17.3. The zero-order valence-electron chi connectivity index (χ0n) is 49.4. The van der Waals surface area contributed by atoms with Crippen molar-refractivity contribution in [3.8, 4) is 33.8 Å². The molecule has 14 rings (SSSR count). The summed E-state index contributed by atoms with van der Waals surface area (Å²) >= 11 is 0. The smallest absolute Gasteiger partial charge is 0.134 e. The number of ether oxygens (including phenoxy) is 1. The van der Waals surface area contributed by atoms with E-state index < -0.39 is 10.8 Å². The Balaban J connectivity index is 0.000000133. The van der Waals surface area contributed by atoms with Crippen molar-refractivity contribution in [3.05, 3.63) is 324 Å². The van der Waals surface area contributed by atoms with Crippen molar-refractivity contribution < 1.29 is 4.74 Å². The van der Waals surface area contributed by atoms with Crippen LogP contribution in [0, 0.1) is 0 Å². The molecule has 1 aliphatic heterocycles. The van der Waals surface area contributed by atoms with E-state index in [4.69, 9.17) is 50.6 Å². The Hall–Kier alpha value is -12.0. The van der Waals surface area contributed by atoms with Crippen LogP contribution in [0.3, 0.4) is 0 Å². The third kappa shape index (κ3) is 10.1. The topological polar surface area (TPSA) is 230 Å². The first-order valence-corrected chi connectivity index (χ1v) is 28.8. The number of nitrogen functional groups attached to an aromatic ring is 8. The number of hydrogen-bond donors (Lipinski definition) is 8. The van der Waals surface area contributed by atoms with Crippen molar-refractivity contribution in [1.82, 2.24) is 4.98 Å². The van der Waals surface area contributed by atoms with E-state index in [1.165, 1.54) is 50.7 Å². The SMILES string of the molecule is C=Cc1cc(N)ncc1N.C=Cc1ccc(N)c2c(N)ccc(C=C)c12.C=Cc1ccc2c(c1)C(c1ccc(N)cc1)(c1ccc(N)cc1)c1cc(C=C)ccc1-2.C=Cc1ccc2c(c1)C1(c3ccc(N)cc3Oc3cc(N)ccc31)c1cc(C=C)ccc1-2. The van der Waals surface area contributed by atoms with Crippen LogP contribution in [-0.2, 0) is 10.8 Å². The number of anilines is 8. The molecule has 0 amide bonds. The number of fused-ring (bicyclic) bond motifs is 13. The molecule has 2 heterocycles. The Kier molecular flexibility index (Phi) is 15.7. The molecule has 0 unspecified atom stereocenters. The van der Waals surface area contributed by atoms with Crippen molar-refractivity contribution >= 4 is 98.9 Å². The molecular formula is C79H69N9O. The van der Waals surface area contributed by atoms with Gasteiger partial charge in [-0.2, -0.15) is 0 Å². The summed E-state index contributed by atoms with van der Waals surface area (Å²) < 4.78 is 6.37. The minimum absolute atomic E-state index is 0.462. The lowest BCUT2D eigenvalue weighted by atomic mass is 9.65. The Bertz CT molecular complexity index is 4440. The van der Waals surface area contributed by atoms with E-state index in [0.29, 0.717) is 34.3 Å². The summed E-state index contributed by atoms with van der Waals surface area (Å²) in [5.41, 5.74) is 72.3. The number of hydrogen-bond acceptors (Lipinski definition) is 10. The van der Waals surface area contributed by atoms with E-state index in [-0.39, 0.29) is 0 Å². The fraction of sp³-hybridized carbons (Fsp3) is 0.0253. The molecule has 11 aromatic rings. The highest BCUT2D eigenvalue weighted by Crippen LogP contribution is 2.63. The second kappa shape index (κ2) is 23.8. The van der Waals surface area contributed by atoms with E-state index in [2.05, 4.69) is 160 Å². The van der Waals surface area contributed by atoms with Gasteiger partial charge in [-0.15, -0.1) is 0 Å². The standard InChI is InChI=1S/C29H22N2O.C29H24N2.C14H14N2.C7H9N3/c1-3-17-5-9-21-22-10-6-18(4-2)14-26(22)29(25(21)13-17)23-11-7-19(30)15-27(23)32-28-16-20(31)8-12-24(28)29;1-3-19-5-15-25-26-16-6-20(4-2)18-28(26)29(27(25)17-19,21-7-11-23(30)12-8-21)22-9-13-24(31)14-10-22;1-3-9-5-7-11(15)14-12(16)8-6-10(4-2)13(9)14;1-2-5-3-7(9)10-4-6(5)8/h3-16H,1-2,30-31H2;3-18H,1-2,30-31H2;3-8H,1-2,15-16H2;2-4H,1,8H2,(H2,9,10). The summed E-state index contributed by atoms with van der Waals surface area (Å²) in [5.74, 6) is 1.95. The van der Waals surface area contributed by atoms with Gasteiger partial charge in [0.1, 0.15) is 17.3 Å². The van der Waals surface area contributed by atoms with Gasteiger partial charge in [0.15, 0.2) is 0 Å². The Morgan fingerprint density at radius 3 is 1.01 bits per heavy atom. The first-order valence-electron chi connectivity index (χ1n) is 28.8. The van der Waals surface area contributed by atoms with Crippen LogP contribution in [0.1, 0.15) is 83.5 Å². The maximum atomic E-state index is 6.37. The average molecular weight is 1160 g/mol. The van der Waals surface area contributed by atoms with Crippen molar-refractivity contribution in [2.24, 2.45) is 0 Å². The van der Waals surface area contributed by atoms with Gasteiger partial charge in [-0.1, -0.05) is 186 Å². The minimum atomic E-state index is -0.562. The lowest BCUT2D eigenvalue weighted by Gasteiger charge is -2.39. The van der Waals surface area contributed by atoms with Gasteiger partial charge >= 0.3 is 0 Å². The average Bonchev–Trinajstić information content (AvgIpc) is 1.57. The van der Waals surface area contributed by atoms with E-state index in [9.17, 15) is 0 Å². The lowest BCUT2D eigenvalue weighted by molar-refractivity contribution is 0.437. The summed E-state index contributed by atoms with van der Waals surface area (Å²) in [4.78, 5) is 3.79. The van der Waals surface area contributed by atoms with Crippen LogP contribution in [0.15, 0.2) is 240 Å². The van der Waals surface area contributed by atoms with Crippen LogP contribution in [0.5, 0.6) is 11.5 Å². The molecule has 1 spiro atoms. The van der Waals surface area contributed by atoms with Gasteiger partial charge in [0.05, 0.1) is 22.7 Å². The zero-order valence-corrected chi connectivity index (χ0v) is 49.4. The van der Waals surface area contributed by atoms with Crippen molar-refractivity contribution in [3.63, 3.8) is 0 Å². The van der Waals surface area contributed by atoms with Crippen LogP contribution < -0.4 is 50.6 Å². The predicted molar refractivity (Wildman–Crippen MR) is 382 cm³/mol. The molecule has 10 nitrogen and oxygen atoms in total. The van der Waals surface area contributed by atoms with Crippen molar-refractivity contribution in [2.75, 3.05) is 45.9 Å². The van der Waals surface area contributed by atoms with E-state index in [0.717, 1.165) is 94.8 Å². The molecule has 2 aliphatic carbocycles. The molecule has 0 fully saturated rings. The van der Waals surface area contributed by atoms with Crippen LogP contribution >= 0.6 is 0 Å². The molecule has 0 radical (unpaired) electrons. The highest BCUT2D eigenvalue weighted by Gasteiger charge is 2.52. The highest BCUT2D eigenvalue weighted by atomic mass is 16.5. The summed E-state index contributed by atoms with van der Waals surface area (Å²) in [5, 5.41) is 1.90. The van der Waals surface area contributed by atoms with Crippen molar-refractivity contribution in [1.29, 1.82) is 0 Å². The number of nitrogens with zero attached hydrogens (tertiary/aromatic N) is 1. The molecule has 1 aromatic heterocycles. The van der Waals surface area contributed by atoms with Crippen LogP contribution in [-0.4, -0.2) is 4.98 Å². The number of pyridine rings is 1. The van der Waals surface area contributed by atoms with Crippen LogP contribution in [0.25, 0.3) is 75.6 Å². The fourth-order valence-electron chi connectivity index (χ4n) is 12.8. The molecule has 89 heavy (non-hydrogen) atoms. The number of aromatic nitrogens is 1. The highest BCUT2D eigenvalue weighted by molar-refractivity contribution is 6.09. The summed E-state index contributed by atoms with van der Waals surface area (Å²) in [6.45, 7) is 27.2. The second-order valence-corrected chi connectivity index (χ2v) is 22.0. The van der Waals surface area contributed by atoms with Crippen molar-refractivity contribution in [2.45, 2.75) is 10.8 Å². The molecule has 16 N–H and O–H groups in total. The molecular weight excluding hydrogens is 1090 g/mol. The van der Waals surface area contributed by atoms with Gasteiger partial charge in [-0.25, -0.2) is 4.98 Å². The van der Waals surface area contributed by atoms with E-state index in [1.807, 2.05) is 97.1 Å². The minimum Gasteiger partial charge on any atom is -0.457 e. The summed E-state index contributed by atoms with van der Waals surface area (Å²) in [6.07, 6.45) is 14.3. The largest absolute Gasteiger partial charge is 0.457 e. The number of rotatable bonds is 9. The molecule has 436 valence electrons. The maximum absolute atomic E-state index is 6.37. The summed E-state index contributed by atoms with van der Waals surface area (Å²) in [7, 11) is 0. The first kappa shape index (κ1) is 58.8. The van der Waals surface area contributed by atoms with Gasteiger partial charge < -0.3 is 50.6 Å². The molecule has 0 bridgehead atoms. The Labute approximate surface area is 520 Å². The van der Waals surface area contributed by atoms with Gasteiger partial charge in [0, 0.05) is 73.7 Å². The Morgan fingerprint density at radius 2 is 0.663 bits per heavy atom. The van der Waals surface area contributed by atoms with Gasteiger partial charge in [0.25, 0.3) is 0 Å². The zero-order chi connectivity index (χ0) is 62.9. The lowest BCUT2D eigenvalue weighted by Crippen LogP contribution is -2.32. The normalized spacial score (nSPS) is 12.5. The van der Waals surface area contributed by atoms with Gasteiger partial charge in [-0.3, -0.25) is 0 Å². The van der Waals surface area contributed by atoms with E-state index in [1.54, 1.807) is 24.3 Å².